The first kappa shape index (κ1) is 9.33. The first-order valence-electron chi connectivity index (χ1n) is 4.84. The van der Waals surface area contributed by atoms with Crippen molar-refractivity contribution in [2.75, 3.05) is 6.61 Å². The van der Waals surface area contributed by atoms with E-state index in [1.54, 1.807) is 0 Å². The minimum atomic E-state index is -1.56. The van der Waals surface area contributed by atoms with Gasteiger partial charge in [0.15, 0.2) is 0 Å². The fourth-order valence-electron chi connectivity index (χ4n) is 2.02. The number of hydrogen-bond acceptors (Lipinski definition) is 4. The van der Waals surface area contributed by atoms with E-state index in [2.05, 4.69) is 0 Å². The van der Waals surface area contributed by atoms with Gasteiger partial charge in [0, 0.05) is 12.5 Å². The number of carbonyl (C=O) groups excluding carboxylic acids is 2. The highest BCUT2D eigenvalue weighted by atomic mass is 19.1. The first-order valence-corrected chi connectivity index (χ1v) is 4.84. The molecule has 4 nitrogen and oxygen atoms in total. The molecule has 1 fully saturated rings. The Kier molecular flexibility index (Phi) is 1.64. The number of Topliss-reactive ketones (excluding diaryl/α,β-unsaturated/α-hetero) is 1. The fourth-order valence-corrected chi connectivity index (χ4v) is 2.02. The van der Waals surface area contributed by atoms with Crippen LogP contribution in [0.25, 0.3) is 0 Å². The van der Waals surface area contributed by atoms with Crippen LogP contribution in [0.5, 0.6) is 5.75 Å². The molecule has 0 saturated carbocycles. The van der Waals surface area contributed by atoms with Crippen LogP contribution in [0.15, 0.2) is 18.2 Å². The molecular formula is C11H7FO4. The monoisotopic (exact) mass is 222 g/mol. The van der Waals surface area contributed by atoms with E-state index in [-0.39, 0.29) is 24.3 Å². The average molecular weight is 222 g/mol. The van der Waals surface area contributed by atoms with E-state index in [9.17, 15) is 14.0 Å². The van der Waals surface area contributed by atoms with Crippen LogP contribution in [-0.4, -0.2) is 24.0 Å². The molecule has 2 aliphatic heterocycles. The number of rotatable bonds is 0. The molecule has 0 N–H and O–H groups in total. The fraction of sp³-hybridized carbons (Fsp3) is 0.273. The van der Waals surface area contributed by atoms with E-state index in [1.165, 1.54) is 12.1 Å². The van der Waals surface area contributed by atoms with Gasteiger partial charge in [0.1, 0.15) is 11.6 Å². The molecule has 2 heterocycles. The van der Waals surface area contributed by atoms with Gasteiger partial charge in [0.25, 0.3) is 5.60 Å². The molecule has 82 valence electrons. The predicted molar refractivity (Wildman–Crippen MR) is 49.7 cm³/mol. The molecule has 1 atom stereocenters. The molecule has 5 heteroatoms. The predicted octanol–water partition coefficient (Wildman–Crippen LogP) is 1.09. The maximum Gasteiger partial charge on any atom is 0.358 e. The van der Waals surface area contributed by atoms with Gasteiger partial charge in [-0.3, -0.25) is 4.79 Å². The molecule has 2 aliphatic rings. The normalized spacial score (nSPS) is 26.8. The smallest absolute Gasteiger partial charge is 0.358 e. The molecule has 3 rings (SSSR count). The Hall–Kier alpha value is -1.91. The highest BCUT2D eigenvalue weighted by Gasteiger charge is 2.58. The summed E-state index contributed by atoms with van der Waals surface area (Å²) in [6, 6.07) is 3.60. The SMILES string of the molecule is O=C1OCCC12Oc1cc(F)ccc1C2=O. The van der Waals surface area contributed by atoms with Gasteiger partial charge >= 0.3 is 5.97 Å². The largest absolute Gasteiger partial charge is 0.466 e. The minimum Gasteiger partial charge on any atom is -0.466 e. The van der Waals surface area contributed by atoms with Crippen LogP contribution < -0.4 is 4.74 Å². The Morgan fingerprint density at radius 1 is 1.31 bits per heavy atom. The van der Waals surface area contributed by atoms with Gasteiger partial charge in [-0.05, 0) is 12.1 Å². The molecule has 1 unspecified atom stereocenters. The summed E-state index contributed by atoms with van der Waals surface area (Å²) in [6.45, 7) is 0.154. The molecule has 0 aromatic heterocycles. The van der Waals surface area contributed by atoms with Gasteiger partial charge in [-0.1, -0.05) is 0 Å². The number of esters is 1. The quantitative estimate of drug-likeness (QED) is 0.487. The zero-order valence-electron chi connectivity index (χ0n) is 8.16. The summed E-state index contributed by atoms with van der Waals surface area (Å²) in [6.07, 6.45) is 0.182. The highest BCUT2D eigenvalue weighted by molar-refractivity contribution is 6.19. The highest BCUT2D eigenvalue weighted by Crippen LogP contribution is 2.40. The van der Waals surface area contributed by atoms with E-state index in [0.29, 0.717) is 0 Å². The van der Waals surface area contributed by atoms with E-state index in [0.717, 1.165) is 6.07 Å². The van der Waals surface area contributed by atoms with Crippen molar-refractivity contribution in [2.45, 2.75) is 12.0 Å². The van der Waals surface area contributed by atoms with E-state index in [4.69, 9.17) is 9.47 Å². The summed E-state index contributed by atoms with van der Waals surface area (Å²) in [4.78, 5) is 23.5. The Bertz CT molecular complexity index is 511. The molecule has 0 radical (unpaired) electrons. The zero-order valence-corrected chi connectivity index (χ0v) is 8.16. The zero-order chi connectivity index (χ0) is 11.3. The third-order valence-electron chi connectivity index (χ3n) is 2.86. The standard InChI is InChI=1S/C11H7FO4/c12-6-1-2-7-8(5-6)16-11(9(7)13)3-4-15-10(11)14/h1-2,5H,3-4H2. The maximum atomic E-state index is 13.0. The van der Waals surface area contributed by atoms with Crippen LogP contribution >= 0.6 is 0 Å². The number of cyclic esters (lactones) is 1. The summed E-state index contributed by atoms with van der Waals surface area (Å²) >= 11 is 0. The summed E-state index contributed by atoms with van der Waals surface area (Å²) in [5.74, 6) is -1.52. The topological polar surface area (TPSA) is 52.6 Å². The van der Waals surface area contributed by atoms with Crippen LogP contribution in [0.4, 0.5) is 4.39 Å². The lowest BCUT2D eigenvalue weighted by Gasteiger charge is -2.15. The van der Waals surface area contributed by atoms with Crippen LogP contribution in [0, 0.1) is 5.82 Å². The van der Waals surface area contributed by atoms with Crippen molar-refractivity contribution >= 4 is 11.8 Å². The number of ether oxygens (including phenoxy) is 2. The second kappa shape index (κ2) is 2.81. The Morgan fingerprint density at radius 2 is 2.12 bits per heavy atom. The number of ketones is 1. The number of fused-ring (bicyclic) bond motifs is 1. The molecule has 16 heavy (non-hydrogen) atoms. The van der Waals surface area contributed by atoms with Gasteiger partial charge in [-0.15, -0.1) is 0 Å². The van der Waals surface area contributed by atoms with Gasteiger partial charge in [-0.25, -0.2) is 9.18 Å². The van der Waals surface area contributed by atoms with Gasteiger partial charge in [0.05, 0.1) is 12.2 Å². The third kappa shape index (κ3) is 0.973. The number of hydrogen-bond donors (Lipinski definition) is 0. The lowest BCUT2D eigenvalue weighted by molar-refractivity contribution is -0.147. The number of halogens is 1. The lowest BCUT2D eigenvalue weighted by Crippen LogP contribution is -2.44. The van der Waals surface area contributed by atoms with E-state index < -0.39 is 23.2 Å². The van der Waals surface area contributed by atoms with Crippen molar-refractivity contribution in [1.29, 1.82) is 0 Å². The van der Waals surface area contributed by atoms with Crippen molar-refractivity contribution in [1.82, 2.24) is 0 Å². The minimum absolute atomic E-state index is 0.115. The number of benzene rings is 1. The van der Waals surface area contributed by atoms with Crippen molar-refractivity contribution in [3.05, 3.63) is 29.6 Å². The number of carbonyl (C=O) groups is 2. The second-order valence-corrected chi connectivity index (χ2v) is 3.78. The lowest BCUT2D eigenvalue weighted by atomic mass is 9.94. The van der Waals surface area contributed by atoms with Crippen molar-refractivity contribution < 1.29 is 23.5 Å². The molecule has 1 saturated heterocycles. The Labute approximate surface area is 90.0 Å². The van der Waals surface area contributed by atoms with Crippen molar-refractivity contribution in [3.8, 4) is 5.75 Å². The average Bonchev–Trinajstić information content (AvgIpc) is 2.72. The third-order valence-corrected chi connectivity index (χ3v) is 2.86. The molecule has 0 amide bonds. The van der Waals surface area contributed by atoms with Crippen LogP contribution in [0.2, 0.25) is 0 Å². The molecule has 1 spiro atoms. The summed E-state index contributed by atoms with van der Waals surface area (Å²) in [7, 11) is 0. The van der Waals surface area contributed by atoms with Crippen LogP contribution in [-0.2, 0) is 9.53 Å². The summed E-state index contributed by atoms with van der Waals surface area (Å²) in [5.41, 5.74) is -1.32. The van der Waals surface area contributed by atoms with Crippen LogP contribution in [0.1, 0.15) is 16.8 Å². The maximum absolute atomic E-state index is 13.0. The van der Waals surface area contributed by atoms with E-state index in [1.807, 2.05) is 0 Å². The molecule has 0 bridgehead atoms. The summed E-state index contributed by atoms with van der Waals surface area (Å²) < 4.78 is 23.0. The van der Waals surface area contributed by atoms with E-state index >= 15 is 0 Å². The summed E-state index contributed by atoms with van der Waals surface area (Å²) in [5, 5.41) is 0. The Morgan fingerprint density at radius 3 is 2.81 bits per heavy atom. The van der Waals surface area contributed by atoms with Gasteiger partial charge in [0.2, 0.25) is 5.78 Å². The van der Waals surface area contributed by atoms with Crippen molar-refractivity contribution in [3.63, 3.8) is 0 Å². The first-order chi connectivity index (χ1) is 7.63. The Balaban J connectivity index is 2.13. The second-order valence-electron chi connectivity index (χ2n) is 3.78. The van der Waals surface area contributed by atoms with Crippen molar-refractivity contribution in [2.24, 2.45) is 0 Å². The molecular weight excluding hydrogens is 215 g/mol. The van der Waals surface area contributed by atoms with Crippen LogP contribution in [0.3, 0.4) is 0 Å². The molecule has 0 aliphatic carbocycles. The molecule has 1 aromatic carbocycles. The van der Waals surface area contributed by atoms with Gasteiger partial charge in [-0.2, -0.15) is 0 Å². The van der Waals surface area contributed by atoms with Gasteiger partial charge < -0.3 is 9.47 Å². The molecule has 1 aromatic rings.